The van der Waals surface area contributed by atoms with Gasteiger partial charge in [0.2, 0.25) is 10.0 Å². The molecule has 0 saturated carbocycles. The van der Waals surface area contributed by atoms with Gasteiger partial charge in [0.1, 0.15) is 11.6 Å². The summed E-state index contributed by atoms with van der Waals surface area (Å²) in [6.45, 7) is 3.05. The molecule has 3 rings (SSSR count). The second kappa shape index (κ2) is 8.16. The fourth-order valence-corrected chi connectivity index (χ4v) is 4.50. The highest BCUT2D eigenvalue weighted by molar-refractivity contribution is 7.89. The van der Waals surface area contributed by atoms with Crippen LogP contribution in [0, 0.1) is 5.82 Å². The van der Waals surface area contributed by atoms with Crippen LogP contribution in [-0.2, 0) is 16.4 Å². The maximum Gasteiger partial charge on any atom is 0.243 e. The van der Waals surface area contributed by atoms with Crippen molar-refractivity contribution in [1.29, 1.82) is 0 Å². The quantitative estimate of drug-likeness (QED) is 0.775. The van der Waals surface area contributed by atoms with Crippen LogP contribution in [0.5, 0.6) is 5.75 Å². The predicted octanol–water partition coefficient (Wildman–Crippen LogP) is 2.38. The van der Waals surface area contributed by atoms with E-state index in [4.69, 9.17) is 4.74 Å². The Bertz CT molecular complexity index is 832. The number of ether oxygens (including phenoxy) is 1. The molecule has 0 aliphatic carbocycles. The highest BCUT2D eigenvalue weighted by Gasteiger charge is 2.28. The molecule has 1 aliphatic rings. The van der Waals surface area contributed by atoms with E-state index in [0.29, 0.717) is 26.2 Å². The van der Waals surface area contributed by atoms with E-state index in [-0.39, 0.29) is 4.90 Å². The van der Waals surface area contributed by atoms with E-state index in [0.717, 1.165) is 24.8 Å². The van der Waals surface area contributed by atoms with Crippen LogP contribution < -0.4 is 4.74 Å². The molecule has 0 atom stereocenters. The van der Waals surface area contributed by atoms with Gasteiger partial charge in [0.05, 0.1) is 12.0 Å². The van der Waals surface area contributed by atoms with Crippen molar-refractivity contribution in [2.75, 3.05) is 39.8 Å². The summed E-state index contributed by atoms with van der Waals surface area (Å²) in [5.41, 5.74) is 1.22. The summed E-state index contributed by atoms with van der Waals surface area (Å²) in [6.07, 6.45) is 0.903. The molecule has 7 heteroatoms. The number of piperazine rings is 1. The number of rotatable bonds is 6. The fourth-order valence-electron chi connectivity index (χ4n) is 3.05. The molecule has 0 aromatic heterocycles. The first-order valence-corrected chi connectivity index (χ1v) is 10.0. The van der Waals surface area contributed by atoms with Gasteiger partial charge in [-0.3, -0.25) is 0 Å². The number of hydrogen-bond acceptors (Lipinski definition) is 4. The largest absolute Gasteiger partial charge is 0.497 e. The number of nitrogens with zero attached hydrogens (tertiary/aromatic N) is 2. The van der Waals surface area contributed by atoms with Gasteiger partial charge in [0.15, 0.2) is 0 Å². The van der Waals surface area contributed by atoms with Crippen molar-refractivity contribution in [3.63, 3.8) is 0 Å². The minimum Gasteiger partial charge on any atom is -0.497 e. The zero-order valence-electron chi connectivity index (χ0n) is 14.8. The molecule has 2 aromatic carbocycles. The molecule has 1 fully saturated rings. The van der Waals surface area contributed by atoms with Gasteiger partial charge in [-0.05, 0) is 42.3 Å². The Morgan fingerprint density at radius 1 is 1.04 bits per heavy atom. The van der Waals surface area contributed by atoms with Crippen molar-refractivity contribution >= 4 is 10.0 Å². The third-order valence-corrected chi connectivity index (χ3v) is 6.54. The van der Waals surface area contributed by atoms with Crippen LogP contribution >= 0.6 is 0 Å². The summed E-state index contributed by atoms with van der Waals surface area (Å²) < 4.78 is 45.2. The molecule has 5 nitrogen and oxygen atoms in total. The Hall–Kier alpha value is -1.96. The van der Waals surface area contributed by atoms with E-state index in [9.17, 15) is 12.8 Å². The molecule has 2 aromatic rings. The lowest BCUT2D eigenvalue weighted by Crippen LogP contribution is -2.49. The topological polar surface area (TPSA) is 49.9 Å². The molecule has 0 bridgehead atoms. The number of halogens is 1. The zero-order chi connectivity index (χ0) is 18.6. The number of sulfonamides is 1. The minimum absolute atomic E-state index is 0.0178. The van der Waals surface area contributed by atoms with Gasteiger partial charge < -0.3 is 9.64 Å². The third-order valence-electron chi connectivity index (χ3n) is 4.64. The van der Waals surface area contributed by atoms with E-state index >= 15 is 0 Å². The van der Waals surface area contributed by atoms with Crippen molar-refractivity contribution in [3.8, 4) is 5.75 Å². The van der Waals surface area contributed by atoms with E-state index in [2.05, 4.69) is 4.90 Å². The van der Waals surface area contributed by atoms with Gasteiger partial charge in [-0.15, -0.1) is 0 Å². The lowest BCUT2D eigenvalue weighted by Gasteiger charge is -2.34. The van der Waals surface area contributed by atoms with Crippen LogP contribution in [-0.4, -0.2) is 57.5 Å². The lowest BCUT2D eigenvalue weighted by molar-refractivity contribution is 0.190. The second-order valence-corrected chi connectivity index (χ2v) is 8.24. The van der Waals surface area contributed by atoms with E-state index in [1.165, 1.54) is 28.1 Å². The van der Waals surface area contributed by atoms with E-state index in [1.807, 2.05) is 24.3 Å². The third kappa shape index (κ3) is 4.41. The Labute approximate surface area is 154 Å². The summed E-state index contributed by atoms with van der Waals surface area (Å²) >= 11 is 0. The van der Waals surface area contributed by atoms with Gasteiger partial charge in [-0.25, -0.2) is 12.8 Å². The highest BCUT2D eigenvalue weighted by atomic mass is 32.2. The number of hydrogen-bond donors (Lipinski definition) is 0. The Morgan fingerprint density at radius 2 is 1.73 bits per heavy atom. The molecule has 0 radical (unpaired) electrons. The number of methoxy groups -OCH3 is 1. The SMILES string of the molecule is COc1ccc(CCN2CCN(S(=O)(=O)c3cccc(F)c3)CC2)cc1. The normalized spacial score (nSPS) is 16.5. The summed E-state index contributed by atoms with van der Waals surface area (Å²) in [6, 6.07) is 13.2. The molecular weight excluding hydrogens is 355 g/mol. The Kier molecular flexibility index (Phi) is 5.90. The van der Waals surface area contributed by atoms with Gasteiger partial charge in [0, 0.05) is 32.7 Å². The van der Waals surface area contributed by atoms with Crippen molar-refractivity contribution in [3.05, 3.63) is 59.9 Å². The van der Waals surface area contributed by atoms with Crippen LogP contribution in [0.4, 0.5) is 4.39 Å². The van der Waals surface area contributed by atoms with Gasteiger partial charge in [0.25, 0.3) is 0 Å². The smallest absolute Gasteiger partial charge is 0.243 e. The second-order valence-electron chi connectivity index (χ2n) is 6.30. The minimum atomic E-state index is -3.63. The van der Waals surface area contributed by atoms with Crippen LogP contribution in [0.15, 0.2) is 53.4 Å². The highest BCUT2D eigenvalue weighted by Crippen LogP contribution is 2.19. The van der Waals surface area contributed by atoms with Crippen LogP contribution in [0.2, 0.25) is 0 Å². The lowest BCUT2D eigenvalue weighted by atomic mass is 10.1. The van der Waals surface area contributed by atoms with Crippen LogP contribution in [0.25, 0.3) is 0 Å². The molecule has 0 amide bonds. The zero-order valence-corrected chi connectivity index (χ0v) is 15.6. The summed E-state index contributed by atoms with van der Waals surface area (Å²) in [4.78, 5) is 2.27. The van der Waals surface area contributed by atoms with Gasteiger partial charge >= 0.3 is 0 Å². The molecule has 0 N–H and O–H groups in total. The van der Waals surface area contributed by atoms with Gasteiger partial charge in [-0.1, -0.05) is 18.2 Å². The molecule has 140 valence electrons. The van der Waals surface area contributed by atoms with Crippen LogP contribution in [0.3, 0.4) is 0 Å². The van der Waals surface area contributed by atoms with Crippen molar-refractivity contribution in [2.24, 2.45) is 0 Å². The van der Waals surface area contributed by atoms with Crippen LogP contribution in [0.1, 0.15) is 5.56 Å². The monoisotopic (exact) mass is 378 g/mol. The fraction of sp³-hybridized carbons (Fsp3) is 0.368. The molecule has 1 heterocycles. The van der Waals surface area contributed by atoms with Crippen molar-refractivity contribution < 1.29 is 17.5 Å². The Morgan fingerprint density at radius 3 is 2.35 bits per heavy atom. The molecule has 0 spiro atoms. The molecule has 1 saturated heterocycles. The average molecular weight is 378 g/mol. The molecular formula is C19H23FN2O3S. The Balaban J connectivity index is 1.53. The first-order chi connectivity index (χ1) is 12.5. The predicted molar refractivity (Wildman–Crippen MR) is 98.3 cm³/mol. The van der Waals surface area contributed by atoms with Gasteiger partial charge in [-0.2, -0.15) is 4.31 Å². The summed E-state index contributed by atoms with van der Waals surface area (Å²) in [5.74, 6) is 0.300. The van der Waals surface area contributed by atoms with E-state index < -0.39 is 15.8 Å². The molecule has 26 heavy (non-hydrogen) atoms. The average Bonchev–Trinajstić information content (AvgIpc) is 2.67. The molecule has 1 aliphatic heterocycles. The number of benzene rings is 2. The molecule has 0 unspecified atom stereocenters. The van der Waals surface area contributed by atoms with Crippen molar-refractivity contribution in [2.45, 2.75) is 11.3 Å². The summed E-state index contributed by atoms with van der Waals surface area (Å²) in [7, 11) is -1.98. The maximum absolute atomic E-state index is 13.3. The summed E-state index contributed by atoms with van der Waals surface area (Å²) in [5, 5.41) is 0. The first kappa shape index (κ1) is 18.8. The maximum atomic E-state index is 13.3. The van der Waals surface area contributed by atoms with E-state index in [1.54, 1.807) is 7.11 Å². The van der Waals surface area contributed by atoms with Crippen molar-refractivity contribution in [1.82, 2.24) is 9.21 Å². The first-order valence-electron chi connectivity index (χ1n) is 8.60. The standard InChI is InChI=1S/C19H23FN2O3S/c1-25-18-7-5-16(6-8-18)9-10-21-11-13-22(14-12-21)26(23,24)19-4-2-3-17(20)15-19/h2-8,15H,9-14H2,1H3.